The van der Waals surface area contributed by atoms with Gasteiger partial charge in [-0.1, -0.05) is 11.8 Å². The zero-order valence-corrected chi connectivity index (χ0v) is 17.3. The summed E-state index contributed by atoms with van der Waals surface area (Å²) >= 11 is 1.35. The van der Waals surface area contributed by atoms with Crippen molar-refractivity contribution in [1.82, 2.24) is 15.6 Å². The van der Waals surface area contributed by atoms with E-state index in [4.69, 9.17) is 14.4 Å². The van der Waals surface area contributed by atoms with Gasteiger partial charge in [0, 0.05) is 5.56 Å². The largest absolute Gasteiger partial charge is 0.444 e. The van der Waals surface area contributed by atoms with Crippen LogP contribution in [0.4, 0.5) is 10.5 Å². The fraction of sp³-hybridized carbons (Fsp3) is 0.368. The number of nitrogens with one attached hydrogen (secondary N) is 2. The van der Waals surface area contributed by atoms with Crippen LogP contribution in [-0.4, -0.2) is 28.1 Å². The van der Waals surface area contributed by atoms with Crippen molar-refractivity contribution in [2.75, 3.05) is 6.26 Å². The Bertz CT molecular complexity index is 892. The second-order valence-electron chi connectivity index (χ2n) is 6.78. The summed E-state index contributed by atoms with van der Waals surface area (Å²) in [6, 6.07) is 7.28. The van der Waals surface area contributed by atoms with E-state index in [9.17, 15) is 4.79 Å². The van der Waals surface area contributed by atoms with E-state index in [1.54, 1.807) is 27.7 Å². The predicted octanol–water partition coefficient (Wildman–Crippen LogP) is 4.10. The molecule has 28 heavy (non-hydrogen) atoms. The topological polar surface area (TPSA) is 113 Å². The monoisotopic (exact) mass is 401 g/mol. The lowest BCUT2D eigenvalue weighted by Crippen LogP contribution is -2.32. The molecule has 0 unspecified atom stereocenters. The smallest absolute Gasteiger partial charge is 0.407 e. The summed E-state index contributed by atoms with van der Waals surface area (Å²) < 4.78 is 10.9. The molecule has 2 N–H and O–H groups in total. The summed E-state index contributed by atoms with van der Waals surface area (Å²) in [7, 11) is 0. The van der Waals surface area contributed by atoms with Crippen molar-refractivity contribution in [1.29, 1.82) is 5.26 Å². The van der Waals surface area contributed by atoms with Gasteiger partial charge >= 0.3 is 6.09 Å². The Balaban J connectivity index is 2.08. The van der Waals surface area contributed by atoms with Crippen molar-refractivity contribution in [3.8, 4) is 17.6 Å². The number of thioether (sulfide) groups is 1. The normalized spacial score (nSPS) is 11.6. The Labute approximate surface area is 168 Å². The van der Waals surface area contributed by atoms with Crippen molar-refractivity contribution < 1.29 is 13.9 Å². The summed E-state index contributed by atoms with van der Waals surface area (Å²) in [4.78, 5) is 20.6. The van der Waals surface area contributed by atoms with E-state index < -0.39 is 11.7 Å². The number of aliphatic imine (C=N–C) groups is 1. The van der Waals surface area contributed by atoms with Crippen LogP contribution in [0.2, 0.25) is 0 Å². The van der Waals surface area contributed by atoms with Crippen LogP contribution in [0.1, 0.15) is 32.2 Å². The van der Waals surface area contributed by atoms with E-state index in [0.717, 1.165) is 5.56 Å². The number of amidine groups is 1. The average Bonchev–Trinajstić information content (AvgIpc) is 2.99. The summed E-state index contributed by atoms with van der Waals surface area (Å²) in [5, 5.41) is 14.4. The number of carbonyl (C=O) groups excluding carboxylic acids is 1. The lowest BCUT2D eigenvalue weighted by atomic mass is 10.2. The van der Waals surface area contributed by atoms with Crippen LogP contribution in [0.25, 0.3) is 11.5 Å². The number of oxazole rings is 1. The maximum Gasteiger partial charge on any atom is 0.407 e. The third-order valence-corrected chi connectivity index (χ3v) is 3.97. The molecule has 1 aromatic carbocycles. The van der Waals surface area contributed by atoms with Gasteiger partial charge in [0.05, 0.1) is 12.2 Å². The highest BCUT2D eigenvalue weighted by Gasteiger charge is 2.17. The van der Waals surface area contributed by atoms with Crippen LogP contribution < -0.4 is 10.6 Å². The number of nitrogens with zero attached hydrogens (tertiary/aromatic N) is 3. The average molecular weight is 401 g/mol. The molecule has 1 aromatic heterocycles. The molecule has 2 rings (SSSR count). The third-order valence-electron chi connectivity index (χ3n) is 3.39. The Morgan fingerprint density at radius 2 is 2.04 bits per heavy atom. The summed E-state index contributed by atoms with van der Waals surface area (Å²) in [5.41, 5.74) is 1.55. The molecule has 2 aromatic rings. The molecule has 9 heteroatoms. The highest BCUT2D eigenvalue weighted by atomic mass is 32.2. The van der Waals surface area contributed by atoms with Crippen molar-refractivity contribution in [2.45, 2.75) is 39.8 Å². The van der Waals surface area contributed by atoms with Gasteiger partial charge < -0.3 is 14.5 Å². The highest BCUT2D eigenvalue weighted by molar-refractivity contribution is 8.13. The Kier molecular flexibility index (Phi) is 7.06. The molecule has 0 aliphatic heterocycles. The fourth-order valence-electron chi connectivity index (χ4n) is 2.15. The number of hydrogen-bond donors (Lipinski definition) is 2. The predicted molar refractivity (Wildman–Crippen MR) is 109 cm³/mol. The zero-order chi connectivity index (χ0) is 20.7. The molecule has 1 amide bonds. The van der Waals surface area contributed by atoms with Gasteiger partial charge in [-0.25, -0.2) is 14.8 Å². The van der Waals surface area contributed by atoms with Crippen LogP contribution >= 0.6 is 11.8 Å². The van der Waals surface area contributed by atoms with Gasteiger partial charge in [-0.3, -0.25) is 5.32 Å². The number of nitriles is 1. The van der Waals surface area contributed by atoms with E-state index in [0.29, 0.717) is 28.2 Å². The number of carbonyl (C=O) groups is 1. The molecule has 0 spiro atoms. The van der Waals surface area contributed by atoms with E-state index in [2.05, 4.69) is 20.6 Å². The molecule has 148 valence electrons. The first kappa shape index (κ1) is 21.3. The molecular formula is C19H23N5O3S. The maximum atomic E-state index is 11.8. The van der Waals surface area contributed by atoms with Gasteiger partial charge in [-0.05, 0) is 58.2 Å². The molecule has 0 aliphatic carbocycles. The number of ether oxygens (including phenoxy) is 1. The van der Waals surface area contributed by atoms with Crippen LogP contribution in [0.15, 0.2) is 33.7 Å². The lowest BCUT2D eigenvalue weighted by Gasteiger charge is -2.19. The SMILES string of the molecule is CSC(=Nc1ccc(-c2nc(CNC(=O)OC(C)(C)C)c(C)o2)cc1)NC#N. The van der Waals surface area contributed by atoms with E-state index >= 15 is 0 Å². The maximum absolute atomic E-state index is 11.8. The Morgan fingerprint density at radius 1 is 1.36 bits per heavy atom. The first-order valence-corrected chi connectivity index (χ1v) is 9.75. The lowest BCUT2D eigenvalue weighted by molar-refractivity contribution is 0.0523. The second kappa shape index (κ2) is 9.28. The van der Waals surface area contributed by atoms with Gasteiger partial charge in [0.1, 0.15) is 17.1 Å². The third kappa shape index (κ3) is 6.32. The van der Waals surface area contributed by atoms with Gasteiger partial charge in [-0.2, -0.15) is 5.26 Å². The molecule has 0 atom stereocenters. The summed E-state index contributed by atoms with van der Waals surface area (Å²) in [6.45, 7) is 7.41. The number of alkyl carbamates (subject to hydrolysis) is 1. The van der Waals surface area contributed by atoms with Gasteiger partial charge in [0.15, 0.2) is 11.4 Å². The van der Waals surface area contributed by atoms with Crippen molar-refractivity contribution >= 4 is 28.7 Å². The van der Waals surface area contributed by atoms with Crippen LogP contribution in [0.3, 0.4) is 0 Å². The second-order valence-corrected chi connectivity index (χ2v) is 7.58. The summed E-state index contributed by atoms with van der Waals surface area (Å²) in [6.07, 6.45) is 3.18. The van der Waals surface area contributed by atoms with E-state index in [-0.39, 0.29) is 6.54 Å². The number of benzene rings is 1. The van der Waals surface area contributed by atoms with Gasteiger partial charge in [0.25, 0.3) is 0 Å². The van der Waals surface area contributed by atoms with Gasteiger partial charge in [-0.15, -0.1) is 0 Å². The van der Waals surface area contributed by atoms with Crippen LogP contribution in [-0.2, 0) is 11.3 Å². The van der Waals surface area contributed by atoms with Crippen molar-refractivity contribution in [3.63, 3.8) is 0 Å². The molecule has 0 fully saturated rings. The minimum absolute atomic E-state index is 0.212. The van der Waals surface area contributed by atoms with Crippen molar-refractivity contribution in [3.05, 3.63) is 35.7 Å². The Morgan fingerprint density at radius 3 is 2.61 bits per heavy atom. The number of hydrogen-bond acceptors (Lipinski definition) is 7. The number of aryl methyl sites for hydroxylation is 1. The number of aromatic nitrogens is 1. The minimum atomic E-state index is -0.558. The molecule has 1 heterocycles. The standard InChI is InChI=1S/C19H23N5O3S/c1-12-15(10-21-18(25)27-19(2,3)4)24-16(26-12)13-6-8-14(9-7-13)23-17(28-5)22-11-20/h6-9H,10H2,1-5H3,(H,21,25)(H,22,23). The number of amides is 1. The highest BCUT2D eigenvalue weighted by Crippen LogP contribution is 2.24. The zero-order valence-electron chi connectivity index (χ0n) is 16.5. The quantitative estimate of drug-likeness (QED) is 0.343. The number of rotatable bonds is 4. The van der Waals surface area contributed by atoms with E-state index in [1.807, 2.05) is 36.7 Å². The van der Waals surface area contributed by atoms with Gasteiger partial charge in [0.2, 0.25) is 5.89 Å². The minimum Gasteiger partial charge on any atom is -0.444 e. The molecule has 0 saturated carbocycles. The Hall–Kier alpha value is -2.99. The fourth-order valence-corrected chi connectivity index (χ4v) is 2.50. The first-order chi connectivity index (χ1) is 13.2. The first-order valence-electron chi connectivity index (χ1n) is 8.53. The molecule has 0 bridgehead atoms. The molecule has 8 nitrogen and oxygen atoms in total. The van der Waals surface area contributed by atoms with Crippen molar-refractivity contribution in [2.24, 2.45) is 4.99 Å². The van der Waals surface area contributed by atoms with Crippen LogP contribution in [0.5, 0.6) is 0 Å². The molecular weight excluding hydrogens is 378 g/mol. The summed E-state index contributed by atoms with van der Waals surface area (Å²) in [5.74, 6) is 1.07. The molecule has 0 aliphatic rings. The molecule has 0 radical (unpaired) electrons. The van der Waals surface area contributed by atoms with Crippen LogP contribution in [0, 0.1) is 18.4 Å². The van der Waals surface area contributed by atoms with E-state index in [1.165, 1.54) is 11.8 Å². The molecule has 0 saturated heterocycles.